The van der Waals surface area contributed by atoms with Gasteiger partial charge in [0.1, 0.15) is 5.69 Å². The third-order valence-electron chi connectivity index (χ3n) is 5.17. The second-order valence-electron chi connectivity index (χ2n) is 6.89. The molecule has 7 heteroatoms. The molecule has 2 heterocycles. The fourth-order valence-electron chi connectivity index (χ4n) is 3.60. The van der Waals surface area contributed by atoms with Gasteiger partial charge in [0.25, 0.3) is 5.69 Å². The van der Waals surface area contributed by atoms with Gasteiger partial charge in [0.2, 0.25) is 0 Å². The standard InChI is InChI=1S/C22H16N4O2S/c1-14(15-10-11-22-18(12-15)16-6-3-5-9-21(16)29-22)25-13-19(23-24-25)17-7-2-4-8-20(17)26(27)28/h2-14H,1H3. The molecule has 0 bridgehead atoms. The summed E-state index contributed by atoms with van der Waals surface area (Å²) in [6, 6.07) is 21.4. The molecule has 0 aliphatic rings. The number of hydrogen-bond acceptors (Lipinski definition) is 5. The van der Waals surface area contributed by atoms with E-state index in [1.165, 1.54) is 26.2 Å². The number of benzene rings is 3. The first kappa shape index (κ1) is 17.5. The zero-order valence-corrected chi connectivity index (χ0v) is 16.3. The van der Waals surface area contributed by atoms with Crippen molar-refractivity contribution in [3.05, 3.63) is 88.6 Å². The highest BCUT2D eigenvalue weighted by molar-refractivity contribution is 7.25. The summed E-state index contributed by atoms with van der Waals surface area (Å²) >= 11 is 1.78. The number of thiophene rings is 1. The Kier molecular flexibility index (Phi) is 4.10. The lowest BCUT2D eigenvalue weighted by Gasteiger charge is -2.12. The minimum atomic E-state index is -0.395. The van der Waals surface area contributed by atoms with Crippen LogP contribution >= 0.6 is 11.3 Å². The van der Waals surface area contributed by atoms with Gasteiger partial charge in [-0.2, -0.15) is 0 Å². The van der Waals surface area contributed by atoms with Crippen LogP contribution in [0, 0.1) is 10.1 Å². The molecule has 0 saturated carbocycles. The van der Waals surface area contributed by atoms with Crippen LogP contribution in [0.15, 0.2) is 72.9 Å². The zero-order valence-electron chi connectivity index (χ0n) is 15.5. The third kappa shape index (κ3) is 2.96. The average Bonchev–Trinajstić information content (AvgIpc) is 3.38. The molecule has 0 saturated heterocycles. The fourth-order valence-corrected chi connectivity index (χ4v) is 4.68. The van der Waals surface area contributed by atoms with Gasteiger partial charge in [-0.25, -0.2) is 4.68 Å². The van der Waals surface area contributed by atoms with Crippen LogP contribution in [-0.4, -0.2) is 19.9 Å². The van der Waals surface area contributed by atoms with Crippen molar-refractivity contribution >= 4 is 37.2 Å². The van der Waals surface area contributed by atoms with Gasteiger partial charge in [0.05, 0.1) is 22.7 Å². The third-order valence-corrected chi connectivity index (χ3v) is 6.32. The van der Waals surface area contributed by atoms with E-state index in [0.29, 0.717) is 11.3 Å². The first-order chi connectivity index (χ1) is 14.1. The summed E-state index contributed by atoms with van der Waals surface area (Å²) in [7, 11) is 0. The van der Waals surface area contributed by atoms with Crippen LogP contribution in [0.3, 0.4) is 0 Å². The molecule has 1 atom stereocenters. The second-order valence-corrected chi connectivity index (χ2v) is 7.97. The number of fused-ring (bicyclic) bond motifs is 3. The van der Waals surface area contributed by atoms with E-state index in [1.54, 1.807) is 40.4 Å². The minimum Gasteiger partial charge on any atom is -0.258 e. The number of nitrogens with zero attached hydrogens (tertiary/aromatic N) is 4. The fraction of sp³-hybridized carbons (Fsp3) is 0.0909. The first-order valence-electron chi connectivity index (χ1n) is 9.18. The van der Waals surface area contributed by atoms with Crippen LogP contribution in [0.1, 0.15) is 18.5 Å². The zero-order chi connectivity index (χ0) is 20.0. The number of para-hydroxylation sites is 1. The van der Waals surface area contributed by atoms with Crippen LogP contribution in [0.4, 0.5) is 5.69 Å². The summed E-state index contributed by atoms with van der Waals surface area (Å²) in [6.45, 7) is 2.05. The van der Waals surface area contributed by atoms with Gasteiger partial charge in [-0.05, 0) is 36.8 Å². The van der Waals surface area contributed by atoms with Crippen molar-refractivity contribution in [1.29, 1.82) is 0 Å². The van der Waals surface area contributed by atoms with Crippen molar-refractivity contribution in [2.75, 3.05) is 0 Å². The molecule has 0 aliphatic heterocycles. The van der Waals surface area contributed by atoms with Crippen LogP contribution in [0.5, 0.6) is 0 Å². The molecule has 3 aromatic carbocycles. The summed E-state index contributed by atoms with van der Waals surface area (Å²) < 4.78 is 4.27. The Morgan fingerprint density at radius 1 is 1.00 bits per heavy atom. The molecule has 142 valence electrons. The Morgan fingerprint density at radius 2 is 1.76 bits per heavy atom. The molecule has 0 radical (unpaired) electrons. The van der Waals surface area contributed by atoms with Gasteiger partial charge >= 0.3 is 0 Å². The van der Waals surface area contributed by atoms with E-state index in [4.69, 9.17) is 0 Å². The van der Waals surface area contributed by atoms with Crippen molar-refractivity contribution in [1.82, 2.24) is 15.0 Å². The van der Waals surface area contributed by atoms with Crippen LogP contribution < -0.4 is 0 Å². The quantitative estimate of drug-likeness (QED) is 0.281. The largest absolute Gasteiger partial charge is 0.278 e. The van der Waals surface area contributed by atoms with E-state index in [2.05, 4.69) is 52.8 Å². The maximum absolute atomic E-state index is 11.3. The highest BCUT2D eigenvalue weighted by atomic mass is 32.1. The molecular formula is C22H16N4O2S. The van der Waals surface area contributed by atoms with Crippen molar-refractivity contribution in [2.24, 2.45) is 0 Å². The Bertz CT molecular complexity index is 1370. The summed E-state index contributed by atoms with van der Waals surface area (Å²) in [6.07, 6.45) is 1.77. The lowest BCUT2D eigenvalue weighted by molar-refractivity contribution is -0.384. The van der Waals surface area contributed by atoms with E-state index >= 15 is 0 Å². The molecular weight excluding hydrogens is 384 g/mol. The van der Waals surface area contributed by atoms with Gasteiger partial charge < -0.3 is 0 Å². The molecule has 2 aromatic heterocycles. The average molecular weight is 400 g/mol. The lowest BCUT2D eigenvalue weighted by Crippen LogP contribution is -2.07. The van der Waals surface area contributed by atoms with E-state index in [-0.39, 0.29) is 11.7 Å². The number of hydrogen-bond donors (Lipinski definition) is 0. The number of nitro benzene ring substituents is 1. The molecule has 0 amide bonds. The topological polar surface area (TPSA) is 73.8 Å². The van der Waals surface area contributed by atoms with Crippen LogP contribution in [0.25, 0.3) is 31.4 Å². The van der Waals surface area contributed by atoms with E-state index in [1.807, 2.05) is 6.92 Å². The SMILES string of the molecule is CC(c1ccc2sc3ccccc3c2c1)n1cc(-c2ccccc2[N+](=O)[O-])nn1. The van der Waals surface area contributed by atoms with E-state index in [0.717, 1.165) is 5.56 Å². The van der Waals surface area contributed by atoms with Crippen LogP contribution in [0.2, 0.25) is 0 Å². The molecule has 5 aromatic rings. The maximum Gasteiger partial charge on any atom is 0.278 e. The highest BCUT2D eigenvalue weighted by Crippen LogP contribution is 2.36. The highest BCUT2D eigenvalue weighted by Gasteiger charge is 2.19. The summed E-state index contributed by atoms with van der Waals surface area (Å²) in [4.78, 5) is 10.9. The molecule has 5 rings (SSSR count). The van der Waals surface area contributed by atoms with E-state index in [9.17, 15) is 10.1 Å². The number of nitro groups is 1. The maximum atomic E-state index is 11.3. The Morgan fingerprint density at radius 3 is 2.62 bits per heavy atom. The summed E-state index contributed by atoms with van der Waals surface area (Å²) in [5, 5.41) is 22.2. The number of rotatable bonds is 4. The molecule has 29 heavy (non-hydrogen) atoms. The number of aromatic nitrogens is 3. The molecule has 0 aliphatic carbocycles. The van der Waals surface area contributed by atoms with E-state index < -0.39 is 4.92 Å². The Labute approximate surface area is 170 Å². The van der Waals surface area contributed by atoms with Gasteiger partial charge in [-0.3, -0.25) is 10.1 Å². The van der Waals surface area contributed by atoms with Gasteiger partial charge in [0.15, 0.2) is 0 Å². The predicted octanol–water partition coefficient (Wildman–Crippen LogP) is 5.83. The smallest absolute Gasteiger partial charge is 0.258 e. The molecule has 1 unspecified atom stereocenters. The lowest BCUT2D eigenvalue weighted by atomic mass is 10.0. The minimum absolute atomic E-state index is 0.0263. The summed E-state index contributed by atoms with van der Waals surface area (Å²) in [5.41, 5.74) is 2.10. The summed E-state index contributed by atoms with van der Waals surface area (Å²) in [5.74, 6) is 0. The molecule has 0 spiro atoms. The van der Waals surface area contributed by atoms with Crippen LogP contribution in [-0.2, 0) is 0 Å². The monoisotopic (exact) mass is 400 g/mol. The molecule has 0 fully saturated rings. The van der Waals surface area contributed by atoms with Crippen molar-refractivity contribution in [2.45, 2.75) is 13.0 Å². The van der Waals surface area contributed by atoms with Crippen molar-refractivity contribution in [3.63, 3.8) is 0 Å². The predicted molar refractivity (Wildman–Crippen MR) is 115 cm³/mol. The van der Waals surface area contributed by atoms with Gasteiger partial charge in [-0.1, -0.05) is 41.6 Å². The normalized spacial score (nSPS) is 12.4. The van der Waals surface area contributed by atoms with Crippen molar-refractivity contribution in [3.8, 4) is 11.3 Å². The Hall–Kier alpha value is -3.58. The second kappa shape index (κ2) is 6.79. The van der Waals surface area contributed by atoms with Gasteiger partial charge in [-0.15, -0.1) is 16.4 Å². The first-order valence-corrected chi connectivity index (χ1v) is 10.0. The molecule has 0 N–H and O–H groups in total. The Balaban J connectivity index is 1.54. The van der Waals surface area contributed by atoms with Crippen molar-refractivity contribution < 1.29 is 4.92 Å². The van der Waals surface area contributed by atoms with Gasteiger partial charge in [0, 0.05) is 26.2 Å². The molecule has 6 nitrogen and oxygen atoms in total.